The average molecular weight is 443 g/mol. The van der Waals surface area contributed by atoms with Crippen molar-refractivity contribution < 1.29 is 23.8 Å². The van der Waals surface area contributed by atoms with Crippen molar-refractivity contribution >= 4 is 40.4 Å². The third kappa shape index (κ3) is 5.05. The standard InChI is InChI=1S/C15H14IN3O5/c1-22-12-7-13(23-2)19-15(18-12)17-11(20)8-24-14(21)9-3-5-10(16)6-4-9/h3-7H,8H2,1-2H3,(H,17,18,19,20). The minimum absolute atomic E-state index is 0.0125. The summed E-state index contributed by atoms with van der Waals surface area (Å²) in [5.41, 5.74) is 0.363. The number of hydrogen-bond acceptors (Lipinski definition) is 7. The fourth-order valence-electron chi connectivity index (χ4n) is 1.63. The lowest BCUT2D eigenvalue weighted by Gasteiger charge is -2.08. The van der Waals surface area contributed by atoms with E-state index in [9.17, 15) is 9.59 Å². The van der Waals surface area contributed by atoms with E-state index in [0.29, 0.717) is 5.56 Å². The summed E-state index contributed by atoms with van der Waals surface area (Å²) in [6, 6.07) is 8.25. The molecule has 8 nitrogen and oxygen atoms in total. The summed E-state index contributed by atoms with van der Waals surface area (Å²) in [6.07, 6.45) is 0. The van der Waals surface area contributed by atoms with Crippen LogP contribution in [0.3, 0.4) is 0 Å². The fourth-order valence-corrected chi connectivity index (χ4v) is 1.99. The summed E-state index contributed by atoms with van der Waals surface area (Å²) in [6.45, 7) is -0.465. The van der Waals surface area contributed by atoms with Crippen LogP contribution in [0.15, 0.2) is 30.3 Å². The lowest BCUT2D eigenvalue weighted by atomic mass is 10.2. The molecule has 0 saturated carbocycles. The van der Waals surface area contributed by atoms with Gasteiger partial charge < -0.3 is 14.2 Å². The largest absolute Gasteiger partial charge is 0.481 e. The van der Waals surface area contributed by atoms with Crippen molar-refractivity contribution in [2.24, 2.45) is 0 Å². The summed E-state index contributed by atoms with van der Waals surface area (Å²) in [4.78, 5) is 31.6. The highest BCUT2D eigenvalue weighted by Crippen LogP contribution is 2.17. The molecule has 0 aliphatic carbocycles. The minimum atomic E-state index is -0.592. The van der Waals surface area contributed by atoms with Crippen LogP contribution < -0.4 is 14.8 Å². The van der Waals surface area contributed by atoms with Crippen LogP contribution in [0.1, 0.15) is 10.4 Å². The predicted molar refractivity (Wildman–Crippen MR) is 93.2 cm³/mol. The normalized spacial score (nSPS) is 9.96. The highest BCUT2D eigenvalue weighted by atomic mass is 127. The number of anilines is 1. The van der Waals surface area contributed by atoms with E-state index in [1.54, 1.807) is 24.3 Å². The highest BCUT2D eigenvalue weighted by molar-refractivity contribution is 14.1. The van der Waals surface area contributed by atoms with Crippen LogP contribution in [0.2, 0.25) is 0 Å². The first-order valence-electron chi connectivity index (χ1n) is 6.71. The number of ether oxygens (including phenoxy) is 3. The maximum Gasteiger partial charge on any atom is 0.338 e. The monoisotopic (exact) mass is 443 g/mol. The van der Waals surface area contributed by atoms with Crippen LogP contribution in [-0.2, 0) is 9.53 Å². The highest BCUT2D eigenvalue weighted by Gasteiger charge is 2.12. The summed E-state index contributed by atoms with van der Waals surface area (Å²) in [5, 5.41) is 2.41. The maximum absolute atomic E-state index is 11.9. The molecule has 0 unspecified atom stereocenters. The Balaban J connectivity index is 1.93. The topological polar surface area (TPSA) is 99.6 Å². The first-order chi connectivity index (χ1) is 11.5. The number of carbonyl (C=O) groups is 2. The number of methoxy groups -OCH3 is 2. The number of rotatable bonds is 6. The maximum atomic E-state index is 11.9. The Morgan fingerprint density at radius 1 is 1.08 bits per heavy atom. The summed E-state index contributed by atoms with van der Waals surface area (Å²) >= 11 is 2.13. The second-order valence-electron chi connectivity index (χ2n) is 4.41. The van der Waals surface area contributed by atoms with Gasteiger partial charge in [-0.1, -0.05) is 0 Å². The van der Waals surface area contributed by atoms with Crippen LogP contribution in [-0.4, -0.2) is 42.7 Å². The van der Waals surface area contributed by atoms with E-state index >= 15 is 0 Å². The number of hydrogen-bond donors (Lipinski definition) is 1. The molecular formula is C15H14IN3O5. The van der Waals surface area contributed by atoms with E-state index in [0.717, 1.165) is 3.57 Å². The molecule has 2 aromatic rings. The van der Waals surface area contributed by atoms with E-state index in [4.69, 9.17) is 14.2 Å². The Morgan fingerprint density at radius 2 is 1.67 bits per heavy atom. The van der Waals surface area contributed by atoms with E-state index < -0.39 is 18.5 Å². The number of halogens is 1. The molecule has 1 heterocycles. The zero-order valence-corrected chi connectivity index (χ0v) is 15.1. The molecular weight excluding hydrogens is 429 g/mol. The van der Waals surface area contributed by atoms with Gasteiger partial charge in [-0.25, -0.2) is 4.79 Å². The van der Waals surface area contributed by atoms with Gasteiger partial charge in [0.2, 0.25) is 17.7 Å². The smallest absolute Gasteiger partial charge is 0.338 e. The average Bonchev–Trinajstić information content (AvgIpc) is 2.59. The number of carbonyl (C=O) groups excluding carboxylic acids is 2. The predicted octanol–water partition coefficient (Wildman–Crippen LogP) is 1.89. The number of benzene rings is 1. The van der Waals surface area contributed by atoms with E-state index in [1.165, 1.54) is 20.3 Å². The van der Waals surface area contributed by atoms with Crippen molar-refractivity contribution in [2.75, 3.05) is 26.1 Å². The molecule has 0 spiro atoms. The van der Waals surface area contributed by atoms with Gasteiger partial charge in [0.15, 0.2) is 6.61 Å². The molecule has 0 aliphatic rings. The molecule has 1 aromatic heterocycles. The van der Waals surface area contributed by atoms with Crippen molar-refractivity contribution in [1.82, 2.24) is 9.97 Å². The third-order valence-corrected chi connectivity index (χ3v) is 3.48. The van der Waals surface area contributed by atoms with Crippen molar-refractivity contribution in [2.45, 2.75) is 0 Å². The van der Waals surface area contributed by atoms with Gasteiger partial charge in [-0.3, -0.25) is 10.1 Å². The quantitative estimate of drug-likeness (QED) is 0.538. The van der Waals surface area contributed by atoms with Gasteiger partial charge in [-0.05, 0) is 46.9 Å². The molecule has 1 aromatic carbocycles. The molecule has 0 fully saturated rings. The van der Waals surface area contributed by atoms with Crippen molar-refractivity contribution in [3.8, 4) is 11.8 Å². The van der Waals surface area contributed by atoms with Crippen molar-refractivity contribution in [1.29, 1.82) is 0 Å². The number of nitrogens with zero attached hydrogens (tertiary/aromatic N) is 2. The Hall–Kier alpha value is -2.43. The Morgan fingerprint density at radius 3 is 2.21 bits per heavy atom. The van der Waals surface area contributed by atoms with Gasteiger partial charge in [-0.2, -0.15) is 9.97 Å². The summed E-state index contributed by atoms with van der Waals surface area (Å²) in [7, 11) is 2.85. The molecule has 0 atom stereocenters. The molecule has 0 bridgehead atoms. The van der Waals surface area contributed by atoms with Crippen LogP contribution in [0.4, 0.5) is 5.95 Å². The first-order valence-corrected chi connectivity index (χ1v) is 7.79. The lowest BCUT2D eigenvalue weighted by Crippen LogP contribution is -2.22. The fraction of sp³-hybridized carbons (Fsp3) is 0.200. The van der Waals surface area contributed by atoms with Crippen LogP contribution in [0.5, 0.6) is 11.8 Å². The molecule has 0 saturated heterocycles. The summed E-state index contributed by atoms with van der Waals surface area (Å²) in [5.74, 6) is -0.725. The van der Waals surface area contributed by atoms with Gasteiger partial charge in [0.1, 0.15) is 0 Å². The zero-order chi connectivity index (χ0) is 17.5. The Kier molecular flexibility index (Phi) is 6.29. The van der Waals surface area contributed by atoms with Gasteiger partial charge in [0.25, 0.3) is 5.91 Å². The second-order valence-corrected chi connectivity index (χ2v) is 5.65. The molecule has 0 radical (unpaired) electrons. The van der Waals surface area contributed by atoms with Crippen LogP contribution >= 0.6 is 22.6 Å². The molecule has 1 amide bonds. The van der Waals surface area contributed by atoms with Gasteiger partial charge in [0, 0.05) is 3.57 Å². The van der Waals surface area contributed by atoms with Crippen LogP contribution in [0.25, 0.3) is 0 Å². The number of amides is 1. The van der Waals surface area contributed by atoms with E-state index in [-0.39, 0.29) is 17.7 Å². The molecule has 0 aliphatic heterocycles. The van der Waals surface area contributed by atoms with Crippen molar-refractivity contribution in [3.63, 3.8) is 0 Å². The SMILES string of the molecule is COc1cc(OC)nc(NC(=O)COC(=O)c2ccc(I)cc2)n1. The zero-order valence-electron chi connectivity index (χ0n) is 12.9. The van der Waals surface area contributed by atoms with E-state index in [2.05, 4.69) is 37.9 Å². The number of aromatic nitrogens is 2. The third-order valence-electron chi connectivity index (χ3n) is 2.76. The second kappa shape index (κ2) is 8.43. The number of esters is 1. The Labute approximate surface area is 151 Å². The molecule has 126 valence electrons. The lowest BCUT2D eigenvalue weighted by molar-refractivity contribution is -0.119. The molecule has 9 heteroatoms. The first kappa shape index (κ1) is 17.9. The molecule has 2 rings (SSSR count). The molecule has 1 N–H and O–H groups in total. The summed E-state index contributed by atoms with van der Waals surface area (Å²) < 4.78 is 15.9. The molecule has 24 heavy (non-hydrogen) atoms. The van der Waals surface area contributed by atoms with Gasteiger partial charge >= 0.3 is 5.97 Å². The minimum Gasteiger partial charge on any atom is -0.481 e. The Bertz CT molecular complexity index is 714. The van der Waals surface area contributed by atoms with E-state index in [1.807, 2.05) is 0 Å². The van der Waals surface area contributed by atoms with Crippen LogP contribution in [0, 0.1) is 3.57 Å². The number of nitrogens with one attached hydrogen (secondary N) is 1. The van der Waals surface area contributed by atoms with Gasteiger partial charge in [-0.15, -0.1) is 0 Å². The van der Waals surface area contributed by atoms with Gasteiger partial charge in [0.05, 0.1) is 25.8 Å². The van der Waals surface area contributed by atoms with Crippen molar-refractivity contribution in [3.05, 3.63) is 39.5 Å².